The maximum Gasteiger partial charge on any atom is 0.240 e. The Kier molecular flexibility index (Phi) is 7.43. The van der Waals surface area contributed by atoms with Gasteiger partial charge in [-0.1, -0.05) is 12.1 Å². The van der Waals surface area contributed by atoms with E-state index >= 15 is 0 Å². The van der Waals surface area contributed by atoms with E-state index in [-0.39, 0.29) is 12.5 Å². The minimum Gasteiger partial charge on any atom is -0.354 e. The van der Waals surface area contributed by atoms with Crippen LogP contribution in [0.25, 0.3) is 0 Å². The summed E-state index contributed by atoms with van der Waals surface area (Å²) in [5, 5.41) is 2.84. The summed E-state index contributed by atoms with van der Waals surface area (Å²) >= 11 is 0. The third kappa shape index (κ3) is 6.59. The predicted octanol–water partition coefficient (Wildman–Crippen LogP) is 0.515. The normalized spacial score (nSPS) is 16.4. The molecule has 0 atom stereocenters. The minimum atomic E-state index is -3.52. The molecule has 146 valence electrons. The topological polar surface area (TPSA) is 73.0 Å². The summed E-state index contributed by atoms with van der Waals surface area (Å²) in [5.41, 5.74) is 1.46. The molecule has 26 heavy (non-hydrogen) atoms. The summed E-state index contributed by atoms with van der Waals surface area (Å²) in [7, 11) is -1.40. The van der Waals surface area contributed by atoms with Crippen LogP contribution in [0.15, 0.2) is 24.3 Å². The van der Waals surface area contributed by atoms with Gasteiger partial charge in [0.05, 0.1) is 11.9 Å². The van der Waals surface area contributed by atoms with Crippen molar-refractivity contribution in [2.24, 2.45) is 0 Å². The first-order valence-corrected chi connectivity index (χ1v) is 10.8. The average molecular weight is 383 g/mol. The number of hydrogen-bond acceptors (Lipinski definition) is 5. The van der Waals surface area contributed by atoms with Crippen LogP contribution < -0.4 is 9.62 Å². The maximum atomic E-state index is 12.2. The molecule has 0 radical (unpaired) electrons. The fourth-order valence-electron chi connectivity index (χ4n) is 2.97. The number of sulfonamides is 1. The number of hydrogen-bond donors (Lipinski definition) is 1. The van der Waals surface area contributed by atoms with E-state index in [1.807, 2.05) is 13.0 Å². The van der Waals surface area contributed by atoms with E-state index in [0.717, 1.165) is 55.3 Å². The highest BCUT2D eigenvalue weighted by atomic mass is 32.2. The summed E-state index contributed by atoms with van der Waals surface area (Å²) in [6, 6.07) is 7.15. The third-order valence-electron chi connectivity index (χ3n) is 4.55. The Morgan fingerprint density at radius 1 is 1.23 bits per heavy atom. The summed E-state index contributed by atoms with van der Waals surface area (Å²) in [6.45, 7) is 7.45. The van der Waals surface area contributed by atoms with Crippen molar-refractivity contribution in [3.05, 3.63) is 29.8 Å². The van der Waals surface area contributed by atoms with Gasteiger partial charge in [0, 0.05) is 32.7 Å². The Morgan fingerprint density at radius 2 is 1.92 bits per heavy atom. The molecule has 0 bridgehead atoms. The monoisotopic (exact) mass is 382 g/mol. The molecule has 0 aromatic heterocycles. The Morgan fingerprint density at radius 3 is 2.54 bits per heavy atom. The van der Waals surface area contributed by atoms with Crippen molar-refractivity contribution in [2.45, 2.75) is 13.3 Å². The van der Waals surface area contributed by atoms with E-state index in [4.69, 9.17) is 0 Å². The molecular formula is C18H30N4O3S. The van der Waals surface area contributed by atoms with Gasteiger partial charge in [-0.25, -0.2) is 8.42 Å². The van der Waals surface area contributed by atoms with Crippen molar-refractivity contribution in [2.75, 3.05) is 63.4 Å². The number of anilines is 1. The molecule has 1 aromatic rings. The molecule has 0 aliphatic carbocycles. The van der Waals surface area contributed by atoms with Gasteiger partial charge in [0.2, 0.25) is 15.9 Å². The molecule has 8 heteroatoms. The van der Waals surface area contributed by atoms with E-state index in [9.17, 15) is 13.2 Å². The lowest BCUT2D eigenvalue weighted by Crippen LogP contribution is -2.45. The second kappa shape index (κ2) is 9.34. The number of carbonyl (C=O) groups is 1. The Labute approximate surface area is 157 Å². The van der Waals surface area contributed by atoms with Gasteiger partial charge in [-0.3, -0.25) is 9.10 Å². The van der Waals surface area contributed by atoms with Crippen molar-refractivity contribution in [1.29, 1.82) is 0 Å². The largest absolute Gasteiger partial charge is 0.354 e. The zero-order valence-corrected chi connectivity index (χ0v) is 16.8. The third-order valence-corrected chi connectivity index (χ3v) is 5.69. The number of carbonyl (C=O) groups excluding carboxylic acids is 1. The van der Waals surface area contributed by atoms with Gasteiger partial charge in [0.1, 0.15) is 6.54 Å². The zero-order valence-electron chi connectivity index (χ0n) is 15.9. The first-order valence-electron chi connectivity index (χ1n) is 8.97. The highest BCUT2D eigenvalue weighted by molar-refractivity contribution is 7.92. The molecule has 0 saturated carbocycles. The van der Waals surface area contributed by atoms with Crippen LogP contribution in [0.5, 0.6) is 0 Å². The van der Waals surface area contributed by atoms with Crippen molar-refractivity contribution in [1.82, 2.24) is 15.1 Å². The molecule has 2 rings (SSSR count). The van der Waals surface area contributed by atoms with Gasteiger partial charge in [-0.2, -0.15) is 0 Å². The van der Waals surface area contributed by atoms with E-state index in [1.54, 1.807) is 18.2 Å². The average Bonchev–Trinajstić information content (AvgIpc) is 2.57. The Balaban J connectivity index is 1.80. The SMILES string of the molecule is Cc1cccc(N(CC(=O)NCCCN2CCN(C)CC2)S(C)(=O)=O)c1. The number of nitrogens with zero attached hydrogens (tertiary/aromatic N) is 3. The van der Waals surface area contributed by atoms with Crippen LogP contribution in [0.3, 0.4) is 0 Å². The van der Waals surface area contributed by atoms with Gasteiger partial charge < -0.3 is 15.1 Å². The second-order valence-electron chi connectivity index (χ2n) is 6.96. The lowest BCUT2D eigenvalue weighted by atomic mass is 10.2. The number of piperazine rings is 1. The van der Waals surface area contributed by atoms with Crippen LogP contribution >= 0.6 is 0 Å². The van der Waals surface area contributed by atoms with Crippen LogP contribution in [0.2, 0.25) is 0 Å². The summed E-state index contributed by atoms with van der Waals surface area (Å²) < 4.78 is 25.3. The van der Waals surface area contributed by atoms with E-state index in [2.05, 4.69) is 22.2 Å². The second-order valence-corrected chi connectivity index (χ2v) is 8.86. The molecule has 7 nitrogen and oxygen atoms in total. The first kappa shape index (κ1) is 20.7. The molecule has 1 N–H and O–H groups in total. The fraction of sp³-hybridized carbons (Fsp3) is 0.611. The molecule has 1 aromatic carbocycles. The molecule has 1 saturated heterocycles. The van der Waals surface area contributed by atoms with Crippen LogP contribution in [0.4, 0.5) is 5.69 Å². The predicted molar refractivity (Wildman–Crippen MR) is 105 cm³/mol. The van der Waals surface area contributed by atoms with Crippen molar-refractivity contribution in [3.63, 3.8) is 0 Å². The van der Waals surface area contributed by atoms with Gasteiger partial charge >= 0.3 is 0 Å². The van der Waals surface area contributed by atoms with Crippen LogP contribution in [0, 0.1) is 6.92 Å². The van der Waals surface area contributed by atoms with Crippen molar-refractivity contribution in [3.8, 4) is 0 Å². The number of aryl methyl sites for hydroxylation is 1. The van der Waals surface area contributed by atoms with E-state index in [1.165, 1.54) is 0 Å². The highest BCUT2D eigenvalue weighted by Gasteiger charge is 2.20. The maximum absolute atomic E-state index is 12.2. The van der Waals surface area contributed by atoms with Crippen molar-refractivity contribution < 1.29 is 13.2 Å². The van der Waals surface area contributed by atoms with Gasteiger partial charge in [-0.15, -0.1) is 0 Å². The van der Waals surface area contributed by atoms with Crippen LogP contribution in [0.1, 0.15) is 12.0 Å². The molecule has 1 amide bonds. The van der Waals surface area contributed by atoms with E-state index in [0.29, 0.717) is 12.2 Å². The minimum absolute atomic E-state index is 0.198. The van der Waals surface area contributed by atoms with Crippen LogP contribution in [-0.4, -0.2) is 83.2 Å². The van der Waals surface area contributed by atoms with Crippen LogP contribution in [-0.2, 0) is 14.8 Å². The zero-order chi connectivity index (χ0) is 19.2. The first-order chi connectivity index (χ1) is 12.3. The quantitative estimate of drug-likeness (QED) is 0.664. The Bertz CT molecular complexity index is 700. The Hall–Kier alpha value is -1.64. The number of benzene rings is 1. The molecule has 1 fully saturated rings. The number of nitrogens with one attached hydrogen (secondary N) is 1. The summed E-state index contributed by atoms with van der Waals surface area (Å²) in [5.74, 6) is -0.282. The standard InChI is InChI=1S/C18H30N4O3S/c1-16-6-4-7-17(14-16)22(26(3,24)25)15-18(23)19-8-5-9-21-12-10-20(2)11-13-21/h4,6-7,14H,5,8-13,15H2,1-3H3,(H,19,23). The highest BCUT2D eigenvalue weighted by Crippen LogP contribution is 2.18. The molecule has 1 heterocycles. The number of rotatable bonds is 8. The fourth-order valence-corrected chi connectivity index (χ4v) is 3.82. The van der Waals surface area contributed by atoms with Crippen molar-refractivity contribution >= 4 is 21.6 Å². The molecule has 0 unspecified atom stereocenters. The van der Waals surface area contributed by atoms with Gasteiger partial charge in [-0.05, 0) is 44.6 Å². The molecule has 1 aliphatic heterocycles. The summed E-state index contributed by atoms with van der Waals surface area (Å²) in [6.07, 6.45) is 1.98. The smallest absolute Gasteiger partial charge is 0.240 e. The van der Waals surface area contributed by atoms with Gasteiger partial charge in [0.25, 0.3) is 0 Å². The summed E-state index contributed by atoms with van der Waals surface area (Å²) in [4.78, 5) is 16.9. The van der Waals surface area contributed by atoms with Gasteiger partial charge in [0.15, 0.2) is 0 Å². The lowest BCUT2D eigenvalue weighted by Gasteiger charge is -2.32. The lowest BCUT2D eigenvalue weighted by molar-refractivity contribution is -0.119. The number of amides is 1. The molecule has 0 spiro atoms. The molecule has 1 aliphatic rings. The molecular weight excluding hydrogens is 352 g/mol. The number of likely N-dealkylation sites (N-methyl/N-ethyl adjacent to an activating group) is 1. The van der Waals surface area contributed by atoms with E-state index < -0.39 is 10.0 Å².